The maximum absolute atomic E-state index is 13.1. The second kappa shape index (κ2) is 7.31. The molecule has 7 heteroatoms. The number of hydrogen-bond donors (Lipinski definition) is 0. The van der Waals surface area contributed by atoms with Gasteiger partial charge in [-0.3, -0.25) is 9.69 Å². The van der Waals surface area contributed by atoms with E-state index in [4.69, 9.17) is 14.2 Å². The predicted molar refractivity (Wildman–Crippen MR) is 107 cm³/mol. The van der Waals surface area contributed by atoms with E-state index in [2.05, 4.69) is 15.9 Å². The number of cyclic esters (lactones) is 1. The molecule has 1 atom stereocenters. The van der Waals surface area contributed by atoms with Gasteiger partial charge < -0.3 is 14.2 Å². The Labute approximate surface area is 170 Å². The van der Waals surface area contributed by atoms with E-state index in [1.165, 1.54) is 0 Å². The quantitative estimate of drug-likeness (QED) is 0.672. The number of benzene rings is 2. The zero-order valence-corrected chi connectivity index (χ0v) is 17.0. The molecule has 0 aliphatic carbocycles. The van der Waals surface area contributed by atoms with Gasteiger partial charge in [0.15, 0.2) is 0 Å². The molecule has 1 amide bonds. The van der Waals surface area contributed by atoms with Crippen LogP contribution in [0.4, 0.5) is 5.69 Å². The van der Waals surface area contributed by atoms with Gasteiger partial charge in [0, 0.05) is 28.1 Å². The number of carbonyl (C=O) groups is 2. The Morgan fingerprint density at radius 1 is 1.11 bits per heavy atom. The first kappa shape index (κ1) is 18.6. The van der Waals surface area contributed by atoms with Crippen molar-refractivity contribution in [3.8, 4) is 11.5 Å². The molecule has 6 nitrogen and oxygen atoms in total. The molecule has 144 valence electrons. The fraction of sp³-hybridized carbons (Fsp3) is 0.238. The predicted octanol–water partition coefficient (Wildman–Crippen LogP) is 3.80. The summed E-state index contributed by atoms with van der Waals surface area (Å²) in [7, 11) is 3.13. The van der Waals surface area contributed by atoms with Crippen LogP contribution in [0, 0.1) is 0 Å². The number of methoxy groups -OCH3 is 2. The lowest BCUT2D eigenvalue weighted by molar-refractivity contribution is -0.136. The SMILES string of the molecule is COc1ccc(OC)c(C2CC(=O)N(c3cccc(Br)c3)C3=C2C(=O)OC3)c1. The van der Waals surface area contributed by atoms with Crippen molar-refractivity contribution in [1.29, 1.82) is 0 Å². The summed E-state index contributed by atoms with van der Waals surface area (Å²) in [4.78, 5) is 27.3. The number of esters is 1. The van der Waals surface area contributed by atoms with Gasteiger partial charge in [-0.1, -0.05) is 22.0 Å². The summed E-state index contributed by atoms with van der Waals surface area (Å²) in [5, 5.41) is 0. The van der Waals surface area contributed by atoms with Crippen LogP contribution in [0.15, 0.2) is 58.2 Å². The summed E-state index contributed by atoms with van der Waals surface area (Å²) in [5.74, 6) is 0.264. The highest BCUT2D eigenvalue weighted by molar-refractivity contribution is 9.10. The van der Waals surface area contributed by atoms with Crippen molar-refractivity contribution in [3.05, 3.63) is 63.8 Å². The molecule has 0 saturated heterocycles. The smallest absolute Gasteiger partial charge is 0.336 e. The van der Waals surface area contributed by atoms with Crippen LogP contribution < -0.4 is 14.4 Å². The number of rotatable bonds is 4. The third kappa shape index (κ3) is 3.05. The summed E-state index contributed by atoms with van der Waals surface area (Å²) >= 11 is 3.43. The number of nitrogens with zero attached hydrogens (tertiary/aromatic N) is 1. The fourth-order valence-corrected chi connectivity index (χ4v) is 4.13. The van der Waals surface area contributed by atoms with Gasteiger partial charge in [0.2, 0.25) is 5.91 Å². The topological polar surface area (TPSA) is 65.1 Å². The fourth-order valence-electron chi connectivity index (χ4n) is 3.75. The Kier molecular flexibility index (Phi) is 4.85. The van der Waals surface area contributed by atoms with Crippen molar-refractivity contribution in [3.63, 3.8) is 0 Å². The zero-order valence-electron chi connectivity index (χ0n) is 15.4. The highest BCUT2D eigenvalue weighted by Gasteiger charge is 2.43. The lowest BCUT2D eigenvalue weighted by Crippen LogP contribution is -2.37. The molecular formula is C21H18BrNO5. The van der Waals surface area contributed by atoms with Crippen LogP contribution in [0.2, 0.25) is 0 Å². The first-order valence-electron chi connectivity index (χ1n) is 8.74. The lowest BCUT2D eigenvalue weighted by Gasteiger charge is -2.32. The normalized spacial score (nSPS) is 18.8. The average Bonchev–Trinajstić information content (AvgIpc) is 3.08. The molecule has 2 aliphatic rings. The third-order valence-corrected chi connectivity index (χ3v) is 5.49. The highest BCUT2D eigenvalue weighted by atomic mass is 79.9. The maximum Gasteiger partial charge on any atom is 0.336 e. The van der Waals surface area contributed by atoms with Gasteiger partial charge in [-0.05, 0) is 36.4 Å². The van der Waals surface area contributed by atoms with Crippen LogP contribution >= 0.6 is 15.9 Å². The van der Waals surface area contributed by atoms with E-state index in [0.717, 1.165) is 10.0 Å². The minimum Gasteiger partial charge on any atom is -0.497 e. The van der Waals surface area contributed by atoms with Gasteiger partial charge in [0.1, 0.15) is 18.1 Å². The third-order valence-electron chi connectivity index (χ3n) is 5.00. The number of hydrogen-bond acceptors (Lipinski definition) is 5. The van der Waals surface area contributed by atoms with E-state index in [-0.39, 0.29) is 18.9 Å². The standard InChI is InChI=1S/C21H18BrNO5/c1-26-14-6-7-18(27-2)15(9-14)16-10-19(24)23(13-5-3-4-12(22)8-13)17-11-28-21(25)20(16)17/h3-9,16H,10-11H2,1-2H3. The average molecular weight is 444 g/mol. The van der Waals surface area contributed by atoms with E-state index in [1.54, 1.807) is 31.3 Å². The molecule has 0 radical (unpaired) electrons. The highest BCUT2D eigenvalue weighted by Crippen LogP contribution is 2.45. The molecular weight excluding hydrogens is 426 g/mol. The minimum absolute atomic E-state index is 0.0647. The number of carbonyl (C=O) groups excluding carboxylic acids is 2. The van der Waals surface area contributed by atoms with E-state index < -0.39 is 11.9 Å². The van der Waals surface area contributed by atoms with Crippen molar-refractivity contribution in [2.24, 2.45) is 0 Å². The van der Waals surface area contributed by atoms with Crippen LogP contribution in [0.5, 0.6) is 11.5 Å². The van der Waals surface area contributed by atoms with Gasteiger partial charge in [-0.25, -0.2) is 4.79 Å². The molecule has 0 fully saturated rings. The summed E-state index contributed by atoms with van der Waals surface area (Å²) in [6.45, 7) is 0.0647. The Balaban J connectivity index is 1.86. The van der Waals surface area contributed by atoms with Crippen LogP contribution in [0.25, 0.3) is 0 Å². The molecule has 0 spiro atoms. The Morgan fingerprint density at radius 2 is 1.93 bits per heavy atom. The second-order valence-corrected chi connectivity index (χ2v) is 7.43. The summed E-state index contributed by atoms with van der Waals surface area (Å²) in [6.07, 6.45) is 0.129. The zero-order chi connectivity index (χ0) is 19.8. The van der Waals surface area contributed by atoms with E-state index in [1.807, 2.05) is 30.3 Å². The van der Waals surface area contributed by atoms with E-state index in [9.17, 15) is 9.59 Å². The molecule has 1 unspecified atom stereocenters. The molecule has 2 aliphatic heterocycles. The lowest BCUT2D eigenvalue weighted by atomic mass is 9.83. The Hall–Kier alpha value is -2.80. The summed E-state index contributed by atoms with van der Waals surface area (Å²) in [5.41, 5.74) is 2.50. The number of anilines is 1. The van der Waals surface area contributed by atoms with Crippen LogP contribution in [0.3, 0.4) is 0 Å². The molecule has 0 N–H and O–H groups in total. The van der Waals surface area contributed by atoms with Gasteiger partial charge in [0.25, 0.3) is 0 Å². The van der Waals surface area contributed by atoms with Crippen LogP contribution in [0.1, 0.15) is 17.9 Å². The molecule has 28 heavy (non-hydrogen) atoms. The first-order chi connectivity index (χ1) is 13.5. The van der Waals surface area contributed by atoms with Crippen molar-refractivity contribution >= 4 is 33.5 Å². The Bertz CT molecular complexity index is 1000. The molecule has 0 saturated carbocycles. The van der Waals surface area contributed by atoms with Crippen LogP contribution in [-0.2, 0) is 14.3 Å². The minimum atomic E-state index is -0.453. The molecule has 2 heterocycles. The van der Waals surface area contributed by atoms with Gasteiger partial charge in [0.05, 0.1) is 25.5 Å². The second-order valence-electron chi connectivity index (χ2n) is 6.51. The Morgan fingerprint density at radius 3 is 2.64 bits per heavy atom. The van der Waals surface area contributed by atoms with Gasteiger partial charge in [-0.2, -0.15) is 0 Å². The van der Waals surface area contributed by atoms with Crippen molar-refractivity contribution in [1.82, 2.24) is 0 Å². The van der Waals surface area contributed by atoms with Crippen LogP contribution in [-0.4, -0.2) is 32.7 Å². The summed E-state index contributed by atoms with van der Waals surface area (Å²) < 4.78 is 17.0. The monoisotopic (exact) mass is 443 g/mol. The van der Waals surface area contributed by atoms with Gasteiger partial charge >= 0.3 is 5.97 Å². The first-order valence-corrected chi connectivity index (χ1v) is 9.53. The number of halogens is 1. The van der Waals surface area contributed by atoms with Crippen molar-refractivity contribution < 1.29 is 23.8 Å². The van der Waals surface area contributed by atoms with Crippen molar-refractivity contribution in [2.75, 3.05) is 25.7 Å². The molecule has 4 rings (SSSR count). The summed E-state index contributed by atoms with van der Waals surface area (Å²) in [6, 6.07) is 12.8. The number of ether oxygens (including phenoxy) is 3. The number of amides is 1. The van der Waals surface area contributed by atoms with E-state index in [0.29, 0.717) is 28.5 Å². The van der Waals surface area contributed by atoms with Crippen molar-refractivity contribution in [2.45, 2.75) is 12.3 Å². The molecule has 0 bridgehead atoms. The van der Waals surface area contributed by atoms with E-state index >= 15 is 0 Å². The van der Waals surface area contributed by atoms with Gasteiger partial charge in [-0.15, -0.1) is 0 Å². The molecule has 2 aromatic carbocycles. The molecule has 0 aromatic heterocycles. The molecule has 2 aromatic rings. The maximum atomic E-state index is 13.1. The largest absolute Gasteiger partial charge is 0.497 e.